The molecule has 1 aliphatic carbocycles. The van der Waals surface area contributed by atoms with Crippen LogP contribution in [0.15, 0.2) is 17.2 Å². The van der Waals surface area contributed by atoms with Crippen LogP contribution in [0.3, 0.4) is 0 Å². The number of hydrogen-bond acceptors (Lipinski definition) is 3. The van der Waals surface area contributed by atoms with E-state index in [0.29, 0.717) is 17.8 Å². The first-order valence-electron chi connectivity index (χ1n) is 4.57. The van der Waals surface area contributed by atoms with Gasteiger partial charge in [0.2, 0.25) is 0 Å². The summed E-state index contributed by atoms with van der Waals surface area (Å²) in [5, 5.41) is 3.14. The highest BCUT2D eigenvalue weighted by atomic mass is 16.1. The normalized spacial score (nSPS) is 26.5. The molecule has 70 valence electrons. The van der Waals surface area contributed by atoms with Crippen molar-refractivity contribution >= 4 is 5.82 Å². The van der Waals surface area contributed by atoms with Crippen molar-refractivity contribution < 1.29 is 0 Å². The second-order valence-electron chi connectivity index (χ2n) is 3.57. The van der Waals surface area contributed by atoms with Gasteiger partial charge >= 0.3 is 0 Å². The molecule has 4 heteroatoms. The van der Waals surface area contributed by atoms with Crippen molar-refractivity contribution in [2.45, 2.75) is 25.8 Å². The highest BCUT2D eigenvalue weighted by molar-refractivity contribution is 5.32. The van der Waals surface area contributed by atoms with E-state index in [0.717, 1.165) is 6.42 Å². The summed E-state index contributed by atoms with van der Waals surface area (Å²) in [7, 11) is 0. The molecule has 2 atom stereocenters. The SMILES string of the molecule is CC1CCC1Nc1ncc[nH]c1=O. The lowest BCUT2D eigenvalue weighted by molar-refractivity contribution is 0.302. The minimum atomic E-state index is -0.137. The molecule has 1 aliphatic rings. The predicted molar refractivity (Wildman–Crippen MR) is 50.7 cm³/mol. The van der Waals surface area contributed by atoms with Crippen LogP contribution in [0.25, 0.3) is 0 Å². The van der Waals surface area contributed by atoms with E-state index in [1.165, 1.54) is 12.6 Å². The molecule has 0 bridgehead atoms. The van der Waals surface area contributed by atoms with E-state index in [1.54, 1.807) is 6.20 Å². The van der Waals surface area contributed by atoms with Gasteiger partial charge in [-0.3, -0.25) is 4.79 Å². The zero-order chi connectivity index (χ0) is 9.26. The Balaban J connectivity index is 2.09. The maximum absolute atomic E-state index is 11.2. The quantitative estimate of drug-likeness (QED) is 0.711. The smallest absolute Gasteiger partial charge is 0.290 e. The fourth-order valence-corrected chi connectivity index (χ4v) is 1.51. The molecule has 0 spiro atoms. The Hall–Kier alpha value is -1.32. The Morgan fingerprint density at radius 3 is 3.00 bits per heavy atom. The second-order valence-corrected chi connectivity index (χ2v) is 3.57. The molecule has 2 rings (SSSR count). The number of hydrogen-bond donors (Lipinski definition) is 2. The maximum Gasteiger partial charge on any atom is 0.290 e. The van der Waals surface area contributed by atoms with Crippen LogP contribution in [-0.2, 0) is 0 Å². The van der Waals surface area contributed by atoms with Crippen molar-refractivity contribution in [1.29, 1.82) is 0 Å². The number of nitrogens with zero attached hydrogens (tertiary/aromatic N) is 1. The summed E-state index contributed by atoms with van der Waals surface area (Å²) < 4.78 is 0. The molecule has 1 saturated carbocycles. The Labute approximate surface area is 76.4 Å². The summed E-state index contributed by atoms with van der Waals surface area (Å²) in [4.78, 5) is 17.8. The molecule has 2 unspecified atom stereocenters. The number of nitrogens with one attached hydrogen (secondary N) is 2. The van der Waals surface area contributed by atoms with E-state index in [1.807, 2.05) is 0 Å². The molecule has 0 aromatic carbocycles. The Morgan fingerprint density at radius 1 is 1.62 bits per heavy atom. The lowest BCUT2D eigenvalue weighted by Gasteiger charge is -2.34. The van der Waals surface area contributed by atoms with E-state index in [-0.39, 0.29) is 5.56 Å². The van der Waals surface area contributed by atoms with Crippen LogP contribution in [0.1, 0.15) is 19.8 Å². The first-order valence-corrected chi connectivity index (χ1v) is 4.57. The summed E-state index contributed by atoms with van der Waals surface area (Å²) >= 11 is 0. The average molecular weight is 179 g/mol. The van der Waals surface area contributed by atoms with Crippen molar-refractivity contribution in [3.05, 3.63) is 22.7 Å². The third-order valence-corrected chi connectivity index (χ3v) is 2.65. The lowest BCUT2D eigenvalue weighted by atomic mass is 9.81. The zero-order valence-corrected chi connectivity index (χ0v) is 7.58. The van der Waals surface area contributed by atoms with E-state index < -0.39 is 0 Å². The molecule has 1 heterocycles. The molecule has 1 aromatic heterocycles. The van der Waals surface area contributed by atoms with Gasteiger partial charge in [-0.1, -0.05) is 6.92 Å². The molecule has 2 N–H and O–H groups in total. The molecular formula is C9H13N3O. The fourth-order valence-electron chi connectivity index (χ4n) is 1.51. The number of rotatable bonds is 2. The predicted octanol–water partition coefficient (Wildman–Crippen LogP) is 0.980. The molecule has 4 nitrogen and oxygen atoms in total. The average Bonchev–Trinajstić information content (AvgIpc) is 2.14. The molecule has 0 saturated heterocycles. The van der Waals surface area contributed by atoms with Gasteiger partial charge in [0.1, 0.15) is 0 Å². The van der Waals surface area contributed by atoms with Crippen LogP contribution in [0.2, 0.25) is 0 Å². The van der Waals surface area contributed by atoms with E-state index in [9.17, 15) is 4.79 Å². The summed E-state index contributed by atoms with van der Waals surface area (Å²) in [6, 6.07) is 0.427. The van der Waals surface area contributed by atoms with Gasteiger partial charge in [-0.15, -0.1) is 0 Å². The summed E-state index contributed by atoms with van der Waals surface area (Å²) in [5.74, 6) is 1.10. The van der Waals surface area contributed by atoms with Gasteiger partial charge in [0, 0.05) is 18.4 Å². The fraction of sp³-hybridized carbons (Fsp3) is 0.556. The van der Waals surface area contributed by atoms with Crippen LogP contribution >= 0.6 is 0 Å². The minimum Gasteiger partial charge on any atom is -0.362 e. The maximum atomic E-state index is 11.2. The molecule has 0 radical (unpaired) electrons. The summed E-state index contributed by atoms with van der Waals surface area (Å²) in [5.41, 5.74) is -0.137. The molecule has 1 aromatic rings. The summed E-state index contributed by atoms with van der Waals surface area (Å²) in [6.45, 7) is 2.18. The zero-order valence-electron chi connectivity index (χ0n) is 7.58. The third kappa shape index (κ3) is 1.56. The van der Waals surface area contributed by atoms with Crippen LogP contribution in [0, 0.1) is 5.92 Å². The first-order chi connectivity index (χ1) is 6.27. The Kier molecular flexibility index (Phi) is 2.04. The molecule has 0 aliphatic heterocycles. The topological polar surface area (TPSA) is 57.8 Å². The van der Waals surface area contributed by atoms with Gasteiger partial charge in [-0.2, -0.15) is 0 Å². The van der Waals surface area contributed by atoms with E-state index in [2.05, 4.69) is 22.2 Å². The molecule has 13 heavy (non-hydrogen) atoms. The van der Waals surface area contributed by atoms with Crippen molar-refractivity contribution in [3.63, 3.8) is 0 Å². The lowest BCUT2D eigenvalue weighted by Crippen LogP contribution is -2.38. The number of aromatic nitrogens is 2. The van der Waals surface area contributed by atoms with Gasteiger partial charge in [0.25, 0.3) is 5.56 Å². The molecule has 0 amide bonds. The van der Waals surface area contributed by atoms with E-state index in [4.69, 9.17) is 0 Å². The third-order valence-electron chi connectivity index (χ3n) is 2.65. The van der Waals surface area contributed by atoms with E-state index >= 15 is 0 Å². The van der Waals surface area contributed by atoms with Crippen molar-refractivity contribution in [2.75, 3.05) is 5.32 Å². The highest BCUT2D eigenvalue weighted by Gasteiger charge is 2.27. The second kappa shape index (κ2) is 3.20. The Bertz CT molecular complexity index is 347. The van der Waals surface area contributed by atoms with Crippen LogP contribution in [0.5, 0.6) is 0 Å². The first kappa shape index (κ1) is 8.29. The van der Waals surface area contributed by atoms with Crippen molar-refractivity contribution in [3.8, 4) is 0 Å². The van der Waals surface area contributed by atoms with Crippen LogP contribution < -0.4 is 10.9 Å². The van der Waals surface area contributed by atoms with Gasteiger partial charge < -0.3 is 10.3 Å². The molecular weight excluding hydrogens is 166 g/mol. The number of aromatic amines is 1. The van der Waals surface area contributed by atoms with Gasteiger partial charge in [0.15, 0.2) is 5.82 Å². The van der Waals surface area contributed by atoms with Crippen molar-refractivity contribution in [1.82, 2.24) is 9.97 Å². The Morgan fingerprint density at radius 2 is 2.46 bits per heavy atom. The van der Waals surface area contributed by atoms with Crippen molar-refractivity contribution in [2.24, 2.45) is 5.92 Å². The van der Waals surface area contributed by atoms with Crippen LogP contribution in [-0.4, -0.2) is 16.0 Å². The number of anilines is 1. The number of H-pyrrole nitrogens is 1. The standard InChI is InChI=1S/C9H13N3O/c1-6-2-3-7(6)12-8-9(13)11-5-4-10-8/h4-7H,2-3H2,1H3,(H,10,12)(H,11,13). The highest BCUT2D eigenvalue weighted by Crippen LogP contribution is 2.28. The minimum absolute atomic E-state index is 0.137. The summed E-state index contributed by atoms with van der Waals surface area (Å²) in [6.07, 6.45) is 5.50. The van der Waals surface area contributed by atoms with Gasteiger partial charge in [-0.05, 0) is 18.8 Å². The van der Waals surface area contributed by atoms with Gasteiger partial charge in [-0.25, -0.2) is 4.98 Å². The monoisotopic (exact) mass is 179 g/mol. The van der Waals surface area contributed by atoms with Crippen LogP contribution in [0.4, 0.5) is 5.82 Å². The molecule has 1 fully saturated rings. The largest absolute Gasteiger partial charge is 0.362 e. The van der Waals surface area contributed by atoms with Gasteiger partial charge in [0.05, 0.1) is 0 Å².